The van der Waals surface area contributed by atoms with E-state index < -0.39 is 10.9 Å². The molecule has 3 aromatic rings. The van der Waals surface area contributed by atoms with E-state index in [1.165, 1.54) is 30.5 Å². The molecule has 2 N–H and O–H groups in total. The first kappa shape index (κ1) is 16.8. The summed E-state index contributed by atoms with van der Waals surface area (Å²) in [5, 5.41) is 23.4. The van der Waals surface area contributed by atoms with Gasteiger partial charge in [0.15, 0.2) is 0 Å². The van der Waals surface area contributed by atoms with E-state index in [4.69, 9.17) is 9.52 Å². The molecule has 0 spiro atoms. The van der Waals surface area contributed by atoms with E-state index in [0.29, 0.717) is 17.3 Å². The van der Waals surface area contributed by atoms with Crippen molar-refractivity contribution in [3.05, 3.63) is 76.2 Å². The Balaban J connectivity index is 1.65. The van der Waals surface area contributed by atoms with Gasteiger partial charge in [0.1, 0.15) is 23.5 Å². The molecule has 0 aliphatic rings. The predicted molar refractivity (Wildman–Crippen MR) is 93.2 cm³/mol. The van der Waals surface area contributed by atoms with Crippen molar-refractivity contribution in [2.45, 2.75) is 0 Å². The van der Waals surface area contributed by atoms with Crippen LogP contribution in [0.1, 0.15) is 16.1 Å². The fourth-order valence-corrected chi connectivity index (χ4v) is 2.08. The molecule has 0 amide bonds. The number of hydrogen-bond acceptors (Lipinski definition) is 7. The predicted octanol–water partition coefficient (Wildman–Crippen LogP) is 3.39. The molecule has 0 atom stereocenters. The van der Waals surface area contributed by atoms with Crippen LogP contribution < -0.4 is 5.43 Å². The standard InChI is InChI=1S/C17H12N4O5/c22-17(23)12-3-1-11(2-4-12)15-7-6-14(26-15)10-19-20-16-8-5-13(9-18-16)21(24)25/h1-10H,(H,18,20)(H,22,23)/b19-10+. The van der Waals surface area contributed by atoms with Gasteiger partial charge in [0.2, 0.25) is 0 Å². The lowest BCUT2D eigenvalue weighted by Gasteiger charge is -1.98. The van der Waals surface area contributed by atoms with E-state index in [0.717, 1.165) is 11.8 Å². The number of hydrazone groups is 1. The minimum Gasteiger partial charge on any atom is -0.478 e. The number of nitrogens with zero attached hydrogens (tertiary/aromatic N) is 3. The Morgan fingerprint density at radius 3 is 2.58 bits per heavy atom. The van der Waals surface area contributed by atoms with E-state index in [1.807, 2.05) is 0 Å². The van der Waals surface area contributed by atoms with Crippen LogP contribution in [0.3, 0.4) is 0 Å². The normalized spacial score (nSPS) is 10.8. The average molecular weight is 352 g/mol. The van der Waals surface area contributed by atoms with Crippen LogP contribution in [0.25, 0.3) is 11.3 Å². The highest BCUT2D eigenvalue weighted by atomic mass is 16.6. The van der Waals surface area contributed by atoms with Crippen LogP contribution in [0.4, 0.5) is 11.5 Å². The molecule has 0 unspecified atom stereocenters. The molecule has 1 aromatic carbocycles. The first-order valence-corrected chi connectivity index (χ1v) is 7.36. The highest BCUT2D eigenvalue weighted by Crippen LogP contribution is 2.22. The van der Waals surface area contributed by atoms with Crippen molar-refractivity contribution in [3.63, 3.8) is 0 Å². The summed E-state index contributed by atoms with van der Waals surface area (Å²) in [7, 11) is 0. The summed E-state index contributed by atoms with van der Waals surface area (Å²) in [5.74, 6) is 0.395. The maximum absolute atomic E-state index is 10.9. The third-order valence-corrected chi connectivity index (χ3v) is 3.37. The van der Waals surface area contributed by atoms with Gasteiger partial charge in [-0.15, -0.1) is 0 Å². The Hall–Kier alpha value is -4.01. The summed E-state index contributed by atoms with van der Waals surface area (Å²) >= 11 is 0. The Morgan fingerprint density at radius 2 is 1.96 bits per heavy atom. The average Bonchev–Trinajstić information content (AvgIpc) is 3.11. The minimum atomic E-state index is -0.991. The molecular formula is C17H12N4O5. The zero-order valence-electron chi connectivity index (χ0n) is 13.2. The van der Waals surface area contributed by atoms with Gasteiger partial charge in [-0.3, -0.25) is 15.5 Å². The van der Waals surface area contributed by atoms with E-state index in [2.05, 4.69) is 15.5 Å². The van der Waals surface area contributed by atoms with Crippen molar-refractivity contribution in [2.75, 3.05) is 5.43 Å². The second kappa shape index (κ2) is 7.26. The summed E-state index contributed by atoms with van der Waals surface area (Å²) in [6.07, 6.45) is 2.56. The SMILES string of the molecule is O=C(O)c1ccc(-c2ccc(/C=N/Nc3ccc([N+](=O)[O-])cn3)o2)cc1. The molecule has 0 aliphatic heterocycles. The van der Waals surface area contributed by atoms with Crippen molar-refractivity contribution in [2.24, 2.45) is 5.10 Å². The van der Waals surface area contributed by atoms with Gasteiger partial charge in [-0.25, -0.2) is 9.78 Å². The van der Waals surface area contributed by atoms with E-state index >= 15 is 0 Å². The molecule has 0 saturated heterocycles. The third kappa shape index (κ3) is 3.90. The summed E-state index contributed by atoms with van der Waals surface area (Å²) < 4.78 is 5.61. The summed E-state index contributed by atoms with van der Waals surface area (Å²) in [6.45, 7) is 0. The first-order valence-electron chi connectivity index (χ1n) is 7.36. The van der Waals surface area contributed by atoms with Gasteiger partial charge in [-0.1, -0.05) is 12.1 Å². The van der Waals surface area contributed by atoms with Gasteiger partial charge >= 0.3 is 5.97 Å². The number of carboxylic acid groups (broad SMARTS) is 1. The zero-order valence-corrected chi connectivity index (χ0v) is 13.2. The number of carboxylic acids is 1. The fourth-order valence-electron chi connectivity index (χ4n) is 2.08. The maximum atomic E-state index is 10.9. The Labute approximate surface area is 146 Å². The lowest BCUT2D eigenvalue weighted by molar-refractivity contribution is -0.385. The summed E-state index contributed by atoms with van der Waals surface area (Å²) in [5.41, 5.74) is 3.46. The second-order valence-corrected chi connectivity index (χ2v) is 5.11. The smallest absolute Gasteiger partial charge is 0.335 e. The molecule has 9 heteroatoms. The van der Waals surface area contributed by atoms with Crippen molar-refractivity contribution in [3.8, 4) is 11.3 Å². The van der Waals surface area contributed by atoms with Crippen LogP contribution in [-0.4, -0.2) is 27.2 Å². The van der Waals surface area contributed by atoms with E-state index in [-0.39, 0.29) is 11.3 Å². The van der Waals surface area contributed by atoms with Crippen molar-refractivity contribution >= 4 is 23.7 Å². The number of carbonyl (C=O) groups is 1. The number of benzene rings is 1. The number of aromatic carboxylic acids is 1. The molecule has 3 rings (SSSR count). The molecule has 26 heavy (non-hydrogen) atoms. The molecule has 9 nitrogen and oxygen atoms in total. The lowest BCUT2D eigenvalue weighted by Crippen LogP contribution is -1.95. The van der Waals surface area contributed by atoms with Gasteiger partial charge in [0.05, 0.1) is 16.7 Å². The number of aromatic nitrogens is 1. The van der Waals surface area contributed by atoms with Gasteiger partial charge in [-0.2, -0.15) is 5.10 Å². The fraction of sp³-hybridized carbons (Fsp3) is 0. The molecule has 2 heterocycles. The monoisotopic (exact) mass is 352 g/mol. The molecule has 130 valence electrons. The number of rotatable bonds is 6. The molecule has 0 bridgehead atoms. The van der Waals surface area contributed by atoms with E-state index in [1.54, 1.807) is 24.3 Å². The number of nitrogens with one attached hydrogen (secondary N) is 1. The molecule has 0 aliphatic carbocycles. The number of hydrogen-bond donors (Lipinski definition) is 2. The number of pyridine rings is 1. The largest absolute Gasteiger partial charge is 0.478 e. The zero-order chi connectivity index (χ0) is 18.5. The van der Waals surface area contributed by atoms with Crippen LogP contribution in [0.15, 0.2) is 64.2 Å². The molecule has 0 fully saturated rings. The summed E-state index contributed by atoms with van der Waals surface area (Å²) in [6, 6.07) is 12.5. The first-order chi connectivity index (χ1) is 12.5. The number of nitro groups is 1. The third-order valence-electron chi connectivity index (χ3n) is 3.37. The Morgan fingerprint density at radius 1 is 1.19 bits per heavy atom. The number of furan rings is 1. The van der Waals surface area contributed by atoms with Gasteiger partial charge in [-0.05, 0) is 30.3 Å². The minimum absolute atomic E-state index is 0.107. The van der Waals surface area contributed by atoms with Crippen molar-refractivity contribution in [1.82, 2.24) is 4.98 Å². The molecule has 0 saturated carbocycles. The molecule has 2 aromatic heterocycles. The quantitative estimate of drug-likeness (QED) is 0.395. The van der Waals surface area contributed by atoms with Crippen LogP contribution in [-0.2, 0) is 0 Å². The highest BCUT2D eigenvalue weighted by Gasteiger charge is 2.07. The van der Waals surface area contributed by atoms with Crippen LogP contribution >= 0.6 is 0 Å². The van der Waals surface area contributed by atoms with Gasteiger partial charge < -0.3 is 9.52 Å². The summed E-state index contributed by atoms with van der Waals surface area (Å²) in [4.78, 5) is 24.7. The second-order valence-electron chi connectivity index (χ2n) is 5.11. The van der Waals surface area contributed by atoms with Crippen molar-refractivity contribution in [1.29, 1.82) is 0 Å². The Bertz CT molecular complexity index is 962. The van der Waals surface area contributed by atoms with Crippen molar-refractivity contribution < 1.29 is 19.2 Å². The lowest BCUT2D eigenvalue weighted by atomic mass is 10.1. The van der Waals surface area contributed by atoms with Crippen LogP contribution in [0, 0.1) is 10.1 Å². The van der Waals surface area contributed by atoms with Crippen LogP contribution in [0.5, 0.6) is 0 Å². The molecule has 0 radical (unpaired) electrons. The van der Waals surface area contributed by atoms with Gasteiger partial charge in [0, 0.05) is 11.6 Å². The van der Waals surface area contributed by atoms with Crippen LogP contribution in [0.2, 0.25) is 0 Å². The highest BCUT2D eigenvalue weighted by molar-refractivity contribution is 5.88. The Kier molecular flexibility index (Phi) is 4.70. The topological polar surface area (TPSA) is 131 Å². The van der Waals surface area contributed by atoms with E-state index in [9.17, 15) is 14.9 Å². The van der Waals surface area contributed by atoms with Gasteiger partial charge in [0.25, 0.3) is 5.69 Å². The molecular weight excluding hydrogens is 340 g/mol. The number of anilines is 1. The maximum Gasteiger partial charge on any atom is 0.335 e.